The Labute approximate surface area is 194 Å². The van der Waals surface area contributed by atoms with Gasteiger partial charge < -0.3 is 9.87 Å². The molecule has 1 aliphatic carbocycles. The fraction of sp³-hybridized carbons (Fsp3) is 0.462. The topological polar surface area (TPSA) is 72.9 Å². The van der Waals surface area contributed by atoms with E-state index in [-0.39, 0.29) is 4.75 Å². The number of nitrogens with one attached hydrogen (secondary N) is 2. The lowest BCUT2D eigenvalue weighted by Crippen LogP contribution is -2.40. The van der Waals surface area contributed by atoms with Crippen molar-refractivity contribution in [1.29, 1.82) is 0 Å². The zero-order valence-corrected chi connectivity index (χ0v) is 20.3. The van der Waals surface area contributed by atoms with Gasteiger partial charge in [0.2, 0.25) is 0 Å². The lowest BCUT2D eigenvalue weighted by Gasteiger charge is -2.24. The van der Waals surface area contributed by atoms with E-state index in [9.17, 15) is 4.55 Å². The molecule has 1 saturated carbocycles. The molecule has 6 heteroatoms. The fourth-order valence-corrected chi connectivity index (χ4v) is 4.40. The second kappa shape index (κ2) is 9.77. The van der Waals surface area contributed by atoms with Gasteiger partial charge in [-0.1, -0.05) is 19.1 Å². The Morgan fingerprint density at radius 1 is 1.09 bits per heavy atom. The van der Waals surface area contributed by atoms with Gasteiger partial charge in [-0.05, 0) is 93.8 Å². The molecule has 1 aromatic carbocycles. The van der Waals surface area contributed by atoms with Gasteiger partial charge in [0.05, 0.1) is 5.52 Å². The van der Waals surface area contributed by atoms with Crippen molar-refractivity contribution in [3.8, 4) is 11.1 Å². The van der Waals surface area contributed by atoms with Gasteiger partial charge in [0.25, 0.3) is 0 Å². The summed E-state index contributed by atoms with van der Waals surface area (Å²) in [5.74, 6) is 1.42. The van der Waals surface area contributed by atoms with Gasteiger partial charge in [0.1, 0.15) is 10.6 Å². The molecule has 2 N–H and O–H groups in total. The SMILES string of the molecule is CC(CCN[S+]([O-])C(C)(C)C)Cc1ccc2cc(-c3ccnc(NC4CC4)c3)ccc2n1. The molecule has 4 rings (SSSR count). The Balaban J connectivity index is 1.38. The normalized spacial score (nSPS) is 16.2. The molecule has 0 radical (unpaired) electrons. The second-order valence-electron chi connectivity index (χ2n) is 9.93. The molecule has 1 fully saturated rings. The van der Waals surface area contributed by atoms with Gasteiger partial charge >= 0.3 is 0 Å². The number of hydrogen-bond donors (Lipinski definition) is 2. The van der Waals surface area contributed by atoms with Gasteiger partial charge in [0.15, 0.2) is 0 Å². The molecule has 2 atom stereocenters. The molecule has 2 aromatic heterocycles. The Morgan fingerprint density at radius 2 is 1.88 bits per heavy atom. The molecular weight excluding hydrogens is 416 g/mol. The third kappa shape index (κ3) is 6.21. The lowest BCUT2D eigenvalue weighted by molar-refractivity contribution is 0.503. The molecule has 0 amide bonds. The summed E-state index contributed by atoms with van der Waals surface area (Å²) >= 11 is -1.01. The van der Waals surface area contributed by atoms with E-state index in [1.807, 2.05) is 27.0 Å². The highest BCUT2D eigenvalue weighted by molar-refractivity contribution is 7.90. The zero-order chi connectivity index (χ0) is 22.7. The van der Waals surface area contributed by atoms with Gasteiger partial charge in [-0.25, -0.2) is 4.98 Å². The summed E-state index contributed by atoms with van der Waals surface area (Å²) in [4.78, 5) is 9.34. The lowest BCUT2D eigenvalue weighted by atomic mass is 10.00. The van der Waals surface area contributed by atoms with Crippen LogP contribution in [0.15, 0.2) is 48.7 Å². The van der Waals surface area contributed by atoms with Crippen LogP contribution in [0.5, 0.6) is 0 Å². The third-order valence-corrected chi connectivity index (χ3v) is 7.33. The van der Waals surface area contributed by atoms with Crippen molar-refractivity contribution in [3.05, 3.63) is 54.4 Å². The number of pyridine rings is 2. The molecule has 0 aliphatic heterocycles. The third-order valence-electron chi connectivity index (χ3n) is 5.75. The van der Waals surface area contributed by atoms with Crippen LogP contribution in [0, 0.1) is 5.92 Å². The van der Waals surface area contributed by atoms with E-state index >= 15 is 0 Å². The molecule has 32 heavy (non-hydrogen) atoms. The van der Waals surface area contributed by atoms with E-state index in [0.717, 1.165) is 41.8 Å². The van der Waals surface area contributed by atoms with E-state index in [1.54, 1.807) is 0 Å². The second-order valence-corrected chi connectivity index (χ2v) is 12.0. The Morgan fingerprint density at radius 3 is 2.62 bits per heavy atom. The summed E-state index contributed by atoms with van der Waals surface area (Å²) in [6.45, 7) is 8.95. The first-order chi connectivity index (χ1) is 15.3. The molecule has 170 valence electrons. The average molecular weight is 451 g/mol. The number of rotatable bonds is 9. The molecule has 0 bridgehead atoms. The number of anilines is 1. The van der Waals surface area contributed by atoms with Crippen LogP contribution < -0.4 is 10.0 Å². The highest BCUT2D eigenvalue weighted by Crippen LogP contribution is 2.28. The molecule has 2 unspecified atom stereocenters. The van der Waals surface area contributed by atoms with E-state index in [4.69, 9.17) is 4.98 Å². The zero-order valence-electron chi connectivity index (χ0n) is 19.5. The van der Waals surface area contributed by atoms with Crippen LogP contribution in [0.25, 0.3) is 22.0 Å². The average Bonchev–Trinajstić information content (AvgIpc) is 3.57. The Kier molecular flexibility index (Phi) is 7.03. The van der Waals surface area contributed by atoms with Crippen molar-refractivity contribution in [1.82, 2.24) is 14.7 Å². The van der Waals surface area contributed by atoms with Gasteiger partial charge in [-0.3, -0.25) is 4.98 Å². The molecule has 5 nitrogen and oxygen atoms in total. The summed E-state index contributed by atoms with van der Waals surface area (Å²) in [6.07, 6.45) is 6.24. The van der Waals surface area contributed by atoms with Gasteiger partial charge in [-0.2, -0.15) is 0 Å². The van der Waals surface area contributed by atoms with Crippen molar-refractivity contribution in [2.24, 2.45) is 5.92 Å². The summed E-state index contributed by atoms with van der Waals surface area (Å²) in [7, 11) is 0. The van der Waals surface area contributed by atoms with Gasteiger partial charge in [0, 0.05) is 41.2 Å². The summed E-state index contributed by atoms with van der Waals surface area (Å²) in [5, 5.41) is 4.62. The minimum absolute atomic E-state index is 0.229. The van der Waals surface area contributed by atoms with Crippen molar-refractivity contribution in [2.75, 3.05) is 11.9 Å². The van der Waals surface area contributed by atoms with Crippen LogP contribution in [0.1, 0.15) is 52.7 Å². The maximum absolute atomic E-state index is 12.1. The fourth-order valence-electron chi connectivity index (χ4n) is 3.66. The maximum Gasteiger partial charge on any atom is 0.136 e. The van der Waals surface area contributed by atoms with Crippen LogP contribution in [0.3, 0.4) is 0 Å². The van der Waals surface area contributed by atoms with E-state index in [0.29, 0.717) is 12.0 Å². The number of fused-ring (bicyclic) bond motifs is 1. The van der Waals surface area contributed by atoms with Crippen molar-refractivity contribution >= 4 is 28.1 Å². The number of aromatic nitrogens is 2. The van der Waals surface area contributed by atoms with Crippen LogP contribution in [-0.2, 0) is 17.8 Å². The van der Waals surface area contributed by atoms with E-state index in [2.05, 4.69) is 64.4 Å². The Bertz CT molecular complexity index is 1060. The first kappa shape index (κ1) is 23.0. The van der Waals surface area contributed by atoms with Crippen LogP contribution in [-0.4, -0.2) is 31.9 Å². The summed E-state index contributed by atoms with van der Waals surface area (Å²) in [6, 6.07) is 15.5. The minimum atomic E-state index is -1.01. The van der Waals surface area contributed by atoms with Crippen LogP contribution >= 0.6 is 0 Å². The summed E-state index contributed by atoms with van der Waals surface area (Å²) in [5.41, 5.74) is 4.48. The monoisotopic (exact) mass is 450 g/mol. The molecule has 1 aliphatic rings. The quantitative estimate of drug-likeness (QED) is 0.422. The highest BCUT2D eigenvalue weighted by atomic mass is 32.2. The van der Waals surface area contributed by atoms with Gasteiger partial charge in [-0.15, -0.1) is 4.72 Å². The summed E-state index contributed by atoms with van der Waals surface area (Å²) < 4.78 is 15.1. The number of benzene rings is 1. The van der Waals surface area contributed by atoms with E-state index < -0.39 is 11.4 Å². The number of hydrogen-bond acceptors (Lipinski definition) is 5. The minimum Gasteiger partial charge on any atom is -0.598 e. The molecular formula is C26H34N4OS. The van der Waals surface area contributed by atoms with Crippen molar-refractivity contribution < 1.29 is 4.55 Å². The maximum atomic E-state index is 12.1. The molecule has 0 saturated heterocycles. The molecule has 3 aromatic rings. The predicted octanol–water partition coefficient (Wildman–Crippen LogP) is 5.49. The first-order valence-electron chi connectivity index (χ1n) is 11.6. The van der Waals surface area contributed by atoms with Crippen molar-refractivity contribution in [3.63, 3.8) is 0 Å². The predicted molar refractivity (Wildman–Crippen MR) is 135 cm³/mol. The van der Waals surface area contributed by atoms with Crippen molar-refractivity contribution in [2.45, 2.75) is 64.2 Å². The van der Waals surface area contributed by atoms with E-state index in [1.165, 1.54) is 24.0 Å². The molecule has 0 spiro atoms. The number of nitrogens with zero attached hydrogens (tertiary/aromatic N) is 2. The molecule has 2 heterocycles. The van der Waals surface area contributed by atoms with Crippen LogP contribution in [0.4, 0.5) is 5.82 Å². The standard InChI is InChI=1S/C26H34N4OS/c1-18(11-14-28-32(31)26(2,3)4)15-23-7-5-21-16-19(6-10-24(21)29-23)20-12-13-27-25(17-20)30-22-8-9-22/h5-7,10,12-13,16-18,22,28H,8-9,11,14-15H2,1-4H3,(H,27,30). The smallest absolute Gasteiger partial charge is 0.136 e. The Hall–Kier alpha value is -2.15. The first-order valence-corrected chi connectivity index (χ1v) is 12.7. The van der Waals surface area contributed by atoms with Crippen LogP contribution in [0.2, 0.25) is 0 Å². The largest absolute Gasteiger partial charge is 0.598 e. The highest BCUT2D eigenvalue weighted by Gasteiger charge is 2.26.